The molecule has 1 aromatic heterocycles. The number of carbonyl (C=O) groups is 2. The van der Waals surface area contributed by atoms with Gasteiger partial charge in [0.25, 0.3) is 0 Å². The summed E-state index contributed by atoms with van der Waals surface area (Å²) in [6, 6.07) is 28.0. The lowest BCUT2D eigenvalue weighted by Gasteiger charge is -2.39. The predicted octanol–water partition coefficient (Wildman–Crippen LogP) is 6.19. The fourth-order valence-electron chi connectivity index (χ4n) is 7.70. The van der Waals surface area contributed by atoms with Crippen LogP contribution >= 0.6 is 0 Å². The van der Waals surface area contributed by atoms with E-state index in [1.807, 2.05) is 63.0 Å². The van der Waals surface area contributed by atoms with Crippen molar-refractivity contribution in [1.82, 2.24) is 39.5 Å². The Balaban J connectivity index is 1.57. The second kappa shape index (κ2) is 22.8. The van der Waals surface area contributed by atoms with Crippen LogP contribution in [-0.4, -0.2) is 136 Å². The standard InChI is InChI=1S/C49H67N9O10S2Si/c1-48(2,3)67-47(61)50-30-40(68-71(8,9)49(4,5)6)31-51-69(62,63)42-25-24-41(56-28-26-55(27-29-56)35-43(59)60)44(46-52-53-54-58(46)34-38-20-22-39(66-7)23-21-38)45(42)70(64,65)57(32-36-16-12-10-13-17-36)33-37-18-14-11-15-19-37/h10-25,40,51H,26-35H2,1-9H3,(H,50,61)(H,59,60). The van der Waals surface area contributed by atoms with E-state index in [4.69, 9.17) is 13.9 Å². The summed E-state index contributed by atoms with van der Waals surface area (Å²) in [4.78, 5) is 27.2. The van der Waals surface area contributed by atoms with Gasteiger partial charge < -0.3 is 29.2 Å². The maximum atomic E-state index is 16.2. The highest BCUT2D eigenvalue weighted by molar-refractivity contribution is 7.92. The molecule has 4 aromatic carbocycles. The van der Waals surface area contributed by atoms with Crippen LogP contribution in [0.4, 0.5) is 10.5 Å². The van der Waals surface area contributed by atoms with E-state index in [-0.39, 0.29) is 68.8 Å². The van der Waals surface area contributed by atoms with Crippen LogP contribution in [-0.2, 0) is 53.6 Å². The van der Waals surface area contributed by atoms with Crippen molar-refractivity contribution in [2.24, 2.45) is 0 Å². The molecule has 22 heteroatoms. The molecule has 384 valence electrons. The second-order valence-electron chi connectivity index (χ2n) is 19.9. The zero-order valence-electron chi connectivity index (χ0n) is 42.0. The van der Waals surface area contributed by atoms with Crippen LogP contribution in [0.3, 0.4) is 0 Å². The number of nitrogens with zero attached hydrogens (tertiary/aromatic N) is 7. The number of amides is 1. The minimum atomic E-state index is -4.90. The van der Waals surface area contributed by atoms with Gasteiger partial charge in [-0.25, -0.2) is 31.0 Å². The fraction of sp³-hybridized carbons (Fsp3) is 0.449. The van der Waals surface area contributed by atoms with E-state index in [1.54, 1.807) is 99.5 Å². The van der Waals surface area contributed by atoms with Crippen LogP contribution in [0.5, 0.6) is 5.75 Å². The molecule has 1 amide bonds. The lowest BCUT2D eigenvalue weighted by atomic mass is 10.1. The maximum Gasteiger partial charge on any atom is 0.407 e. The number of carboxylic acids is 1. The number of piperazine rings is 1. The molecule has 0 aliphatic carbocycles. The van der Waals surface area contributed by atoms with Crippen molar-refractivity contribution in [3.8, 4) is 17.1 Å². The van der Waals surface area contributed by atoms with E-state index in [1.165, 1.54) is 15.1 Å². The van der Waals surface area contributed by atoms with Crippen molar-refractivity contribution in [3.63, 3.8) is 0 Å². The molecule has 1 aliphatic rings. The van der Waals surface area contributed by atoms with E-state index >= 15 is 16.8 Å². The van der Waals surface area contributed by atoms with Crippen LogP contribution in [0.25, 0.3) is 11.4 Å². The lowest BCUT2D eigenvalue weighted by Crippen LogP contribution is -2.51. The Morgan fingerprint density at radius 2 is 1.39 bits per heavy atom. The van der Waals surface area contributed by atoms with Crippen molar-refractivity contribution in [3.05, 3.63) is 114 Å². The summed E-state index contributed by atoms with van der Waals surface area (Å²) in [5, 5.41) is 24.8. The van der Waals surface area contributed by atoms with Gasteiger partial charge in [0, 0.05) is 58.0 Å². The summed E-state index contributed by atoms with van der Waals surface area (Å²) < 4.78 is 85.9. The van der Waals surface area contributed by atoms with Gasteiger partial charge in [0.1, 0.15) is 21.1 Å². The third-order valence-electron chi connectivity index (χ3n) is 12.4. The molecule has 3 N–H and O–H groups in total. The summed E-state index contributed by atoms with van der Waals surface area (Å²) in [5.74, 6) is -0.399. The van der Waals surface area contributed by atoms with Crippen LogP contribution in [0, 0.1) is 0 Å². The Morgan fingerprint density at radius 1 is 0.803 bits per heavy atom. The average Bonchev–Trinajstić information content (AvgIpc) is 3.76. The summed E-state index contributed by atoms with van der Waals surface area (Å²) in [6.07, 6.45) is -1.63. The smallest absolute Gasteiger partial charge is 0.407 e. The van der Waals surface area contributed by atoms with Crippen LogP contribution < -0.4 is 19.7 Å². The van der Waals surface area contributed by atoms with Crippen molar-refractivity contribution in [1.29, 1.82) is 0 Å². The molecule has 1 saturated heterocycles. The minimum Gasteiger partial charge on any atom is -0.497 e. The first-order chi connectivity index (χ1) is 33.4. The number of carbonyl (C=O) groups excluding carboxylic acids is 1. The molecule has 0 radical (unpaired) electrons. The first kappa shape index (κ1) is 54.6. The number of methoxy groups -OCH3 is 1. The number of carboxylic acid groups (broad SMARTS) is 1. The second-order valence-corrected chi connectivity index (χ2v) is 28.3. The molecule has 19 nitrogen and oxygen atoms in total. The van der Waals surface area contributed by atoms with E-state index in [9.17, 15) is 14.7 Å². The normalized spacial score (nSPS) is 14.6. The van der Waals surface area contributed by atoms with Crippen LogP contribution in [0.15, 0.2) is 107 Å². The molecule has 1 unspecified atom stereocenters. The van der Waals surface area contributed by atoms with Gasteiger partial charge in [-0.1, -0.05) is 93.6 Å². The number of ether oxygens (including phenoxy) is 2. The number of rotatable bonds is 21. The monoisotopic (exact) mass is 1030 g/mol. The third kappa shape index (κ3) is 14.5. The highest BCUT2D eigenvalue weighted by Gasteiger charge is 2.42. The Morgan fingerprint density at radius 3 is 1.93 bits per heavy atom. The summed E-state index contributed by atoms with van der Waals surface area (Å²) in [7, 11) is -10.8. The summed E-state index contributed by atoms with van der Waals surface area (Å²) in [5.41, 5.74) is 1.49. The molecule has 1 aliphatic heterocycles. The van der Waals surface area contributed by atoms with Gasteiger partial charge >= 0.3 is 12.1 Å². The van der Waals surface area contributed by atoms with E-state index < -0.39 is 61.9 Å². The highest BCUT2D eigenvalue weighted by Crippen LogP contribution is 2.42. The number of tetrazole rings is 1. The van der Waals surface area contributed by atoms with Gasteiger partial charge in [0.15, 0.2) is 14.1 Å². The average molecular weight is 1030 g/mol. The number of alkyl carbamates (subject to hydrolysis) is 1. The third-order valence-corrected chi connectivity index (χ3v) is 20.4. The van der Waals surface area contributed by atoms with Gasteiger partial charge in [0.2, 0.25) is 20.0 Å². The molecule has 2 heterocycles. The van der Waals surface area contributed by atoms with Crippen molar-refractivity contribution in [2.45, 2.75) is 101 Å². The molecular weight excluding hydrogens is 967 g/mol. The Hall–Kier alpha value is -5.75. The molecule has 0 bridgehead atoms. The number of nitrogens with one attached hydrogen (secondary N) is 2. The number of aliphatic carboxylic acids is 1. The zero-order chi connectivity index (χ0) is 51.8. The Bertz CT molecular complexity index is 2770. The van der Waals surface area contributed by atoms with Gasteiger partial charge in [-0.05, 0) is 90.3 Å². The number of hydrogen-bond acceptors (Lipinski definition) is 14. The first-order valence-electron chi connectivity index (χ1n) is 23.3. The Labute approximate surface area is 418 Å². The van der Waals surface area contributed by atoms with Gasteiger partial charge in [-0.3, -0.25) is 9.69 Å². The molecule has 6 rings (SSSR count). The van der Waals surface area contributed by atoms with Gasteiger partial charge in [-0.2, -0.15) is 4.31 Å². The summed E-state index contributed by atoms with van der Waals surface area (Å²) >= 11 is 0. The zero-order valence-corrected chi connectivity index (χ0v) is 44.6. The number of aromatic nitrogens is 4. The minimum absolute atomic E-state index is 0.0283. The summed E-state index contributed by atoms with van der Waals surface area (Å²) in [6.45, 7) is 15.5. The van der Waals surface area contributed by atoms with Crippen LogP contribution in [0.1, 0.15) is 58.2 Å². The number of sulfonamides is 2. The SMILES string of the molecule is COc1ccc(Cn2nnnc2-c2c(N3CCN(CC(=O)O)CC3)ccc(S(=O)(=O)NCC(CNC(=O)OC(C)(C)C)O[Si](C)(C)C(C)(C)C)c2S(=O)(=O)N(Cc2ccccc2)Cc2ccccc2)cc1. The topological polar surface area (TPSA) is 228 Å². The molecule has 71 heavy (non-hydrogen) atoms. The number of benzene rings is 4. The first-order valence-corrected chi connectivity index (χ1v) is 29.2. The fourth-order valence-corrected chi connectivity index (χ4v) is 12.5. The molecule has 0 saturated carbocycles. The number of hydrogen-bond donors (Lipinski definition) is 3. The molecule has 0 spiro atoms. The van der Waals surface area contributed by atoms with E-state index in [0.29, 0.717) is 35.7 Å². The largest absolute Gasteiger partial charge is 0.497 e. The molecule has 5 aromatic rings. The predicted molar refractivity (Wildman–Crippen MR) is 272 cm³/mol. The van der Waals surface area contributed by atoms with E-state index in [0.717, 1.165) is 5.56 Å². The van der Waals surface area contributed by atoms with Crippen LogP contribution in [0.2, 0.25) is 18.1 Å². The molecule has 1 atom stereocenters. The van der Waals surface area contributed by atoms with Gasteiger partial charge in [-0.15, -0.1) is 5.10 Å². The Kier molecular flexibility index (Phi) is 17.5. The van der Waals surface area contributed by atoms with Crippen molar-refractivity contribution >= 4 is 46.1 Å². The van der Waals surface area contributed by atoms with Gasteiger partial charge in [0.05, 0.1) is 31.9 Å². The quantitative estimate of drug-likeness (QED) is 0.0697. The van der Waals surface area contributed by atoms with E-state index in [2.05, 4.69) is 25.6 Å². The maximum absolute atomic E-state index is 16.2. The number of anilines is 1. The van der Waals surface area contributed by atoms with Crippen molar-refractivity contribution in [2.75, 3.05) is 57.8 Å². The molecular formula is C49H67N9O10S2Si. The molecule has 1 fully saturated rings. The highest BCUT2D eigenvalue weighted by atomic mass is 32.2. The van der Waals surface area contributed by atoms with Crippen molar-refractivity contribution < 1.29 is 45.4 Å². The lowest BCUT2D eigenvalue weighted by molar-refractivity contribution is -0.138.